The quantitative estimate of drug-likeness (QED) is 0.708. The van der Waals surface area contributed by atoms with Crippen molar-refractivity contribution in [3.63, 3.8) is 0 Å². The van der Waals surface area contributed by atoms with E-state index in [1.165, 1.54) is 12.7 Å². The van der Waals surface area contributed by atoms with Crippen LogP contribution in [0.1, 0.15) is 37.3 Å². The van der Waals surface area contributed by atoms with Crippen LogP contribution in [-0.2, 0) is 16.0 Å². The number of rotatable bonds is 4. The second-order valence-corrected chi connectivity index (χ2v) is 3.58. The molecule has 0 radical (unpaired) electrons. The Morgan fingerprint density at radius 1 is 1.40 bits per heavy atom. The van der Waals surface area contributed by atoms with Gasteiger partial charge in [-0.3, -0.25) is 4.79 Å². The summed E-state index contributed by atoms with van der Waals surface area (Å²) >= 11 is 0. The van der Waals surface area contributed by atoms with E-state index in [1.54, 1.807) is 0 Å². The van der Waals surface area contributed by atoms with Gasteiger partial charge in [0.15, 0.2) is 0 Å². The molecule has 82 valence electrons. The molecule has 0 aliphatic heterocycles. The average Bonchev–Trinajstić information content (AvgIpc) is 2.30. The van der Waals surface area contributed by atoms with E-state index in [1.807, 2.05) is 19.1 Å². The van der Waals surface area contributed by atoms with E-state index in [-0.39, 0.29) is 11.9 Å². The number of benzene rings is 1. The Morgan fingerprint density at radius 3 is 2.67 bits per heavy atom. The highest BCUT2D eigenvalue weighted by molar-refractivity contribution is 5.78. The van der Waals surface area contributed by atoms with Gasteiger partial charge in [0, 0.05) is 0 Å². The summed E-state index contributed by atoms with van der Waals surface area (Å²) in [5, 5.41) is 0. The van der Waals surface area contributed by atoms with Crippen LogP contribution in [0.15, 0.2) is 24.3 Å². The summed E-state index contributed by atoms with van der Waals surface area (Å²) in [7, 11) is 1.44. The molecule has 0 aliphatic carbocycles. The summed E-state index contributed by atoms with van der Waals surface area (Å²) in [5.41, 5.74) is 2.32. The third-order valence-corrected chi connectivity index (χ3v) is 2.66. The van der Waals surface area contributed by atoms with E-state index in [9.17, 15) is 4.79 Å². The zero-order chi connectivity index (χ0) is 11.3. The topological polar surface area (TPSA) is 26.3 Å². The molecule has 0 saturated carbocycles. The third kappa shape index (κ3) is 2.82. The van der Waals surface area contributed by atoms with E-state index < -0.39 is 0 Å². The van der Waals surface area contributed by atoms with Crippen LogP contribution in [0.5, 0.6) is 0 Å². The molecule has 1 atom stereocenters. The first-order chi connectivity index (χ1) is 7.22. The second-order valence-electron chi connectivity index (χ2n) is 3.58. The maximum atomic E-state index is 11.5. The lowest BCUT2D eigenvalue weighted by Crippen LogP contribution is -2.13. The van der Waals surface area contributed by atoms with Crippen LogP contribution < -0.4 is 0 Å². The minimum atomic E-state index is -0.147. The number of ether oxygens (including phenoxy) is 1. The van der Waals surface area contributed by atoms with Crippen molar-refractivity contribution in [2.75, 3.05) is 7.11 Å². The second kappa shape index (κ2) is 5.54. The van der Waals surface area contributed by atoms with Crippen molar-refractivity contribution in [3.05, 3.63) is 35.4 Å². The van der Waals surface area contributed by atoms with E-state index in [0.29, 0.717) is 0 Å². The normalized spacial score (nSPS) is 12.2. The molecule has 1 unspecified atom stereocenters. The first-order valence-corrected chi connectivity index (χ1v) is 5.39. The fourth-order valence-electron chi connectivity index (χ4n) is 1.71. The van der Waals surface area contributed by atoms with Gasteiger partial charge in [-0.25, -0.2) is 0 Å². The van der Waals surface area contributed by atoms with Crippen LogP contribution >= 0.6 is 0 Å². The molecule has 1 aromatic carbocycles. The molecule has 0 aromatic heterocycles. The minimum absolute atomic E-state index is 0.124. The summed E-state index contributed by atoms with van der Waals surface area (Å²) in [4.78, 5) is 11.5. The fourth-order valence-corrected chi connectivity index (χ4v) is 1.71. The lowest BCUT2D eigenvalue weighted by molar-refractivity contribution is -0.142. The number of aryl methyl sites for hydroxylation is 1. The highest BCUT2D eigenvalue weighted by atomic mass is 16.5. The Balaban J connectivity index is 2.96. The van der Waals surface area contributed by atoms with Crippen molar-refractivity contribution in [2.45, 2.75) is 32.6 Å². The maximum absolute atomic E-state index is 11.5. The molecule has 1 aromatic rings. The van der Waals surface area contributed by atoms with Crippen molar-refractivity contribution in [1.82, 2.24) is 0 Å². The van der Waals surface area contributed by atoms with E-state index in [2.05, 4.69) is 19.1 Å². The fraction of sp³-hybridized carbons (Fsp3) is 0.462. The standard InChI is InChI=1S/C13H18O2/c1-4-10-7-6-8-11(9-10)12(5-2)13(14)15-3/h6-9,12H,4-5H2,1-3H3. The highest BCUT2D eigenvalue weighted by Crippen LogP contribution is 2.22. The molecule has 15 heavy (non-hydrogen) atoms. The van der Waals surface area contributed by atoms with Gasteiger partial charge < -0.3 is 4.74 Å². The van der Waals surface area contributed by atoms with Crippen LogP contribution in [0.3, 0.4) is 0 Å². The van der Waals surface area contributed by atoms with Crippen LogP contribution in [0, 0.1) is 0 Å². The van der Waals surface area contributed by atoms with Crippen LogP contribution in [0.2, 0.25) is 0 Å². The molecule has 0 bridgehead atoms. The Morgan fingerprint density at radius 2 is 2.13 bits per heavy atom. The summed E-state index contributed by atoms with van der Waals surface area (Å²) in [5.74, 6) is -0.271. The zero-order valence-corrected chi connectivity index (χ0v) is 9.62. The predicted molar refractivity (Wildman–Crippen MR) is 60.9 cm³/mol. The number of carbonyl (C=O) groups excluding carboxylic acids is 1. The molecule has 0 fully saturated rings. The highest BCUT2D eigenvalue weighted by Gasteiger charge is 2.18. The van der Waals surface area contributed by atoms with Crippen molar-refractivity contribution >= 4 is 5.97 Å². The van der Waals surface area contributed by atoms with Gasteiger partial charge in [0.05, 0.1) is 13.0 Å². The van der Waals surface area contributed by atoms with Gasteiger partial charge in [-0.1, -0.05) is 38.1 Å². The average molecular weight is 206 g/mol. The molecule has 1 rings (SSSR count). The Hall–Kier alpha value is -1.31. The molecular formula is C13H18O2. The van der Waals surface area contributed by atoms with E-state index in [4.69, 9.17) is 4.74 Å². The Labute approximate surface area is 91.3 Å². The van der Waals surface area contributed by atoms with E-state index in [0.717, 1.165) is 18.4 Å². The lowest BCUT2D eigenvalue weighted by Gasteiger charge is -2.13. The van der Waals surface area contributed by atoms with Gasteiger partial charge in [0.2, 0.25) is 0 Å². The molecule has 0 aliphatic rings. The summed E-state index contributed by atoms with van der Waals surface area (Å²) < 4.78 is 4.79. The van der Waals surface area contributed by atoms with Gasteiger partial charge in [-0.05, 0) is 24.0 Å². The minimum Gasteiger partial charge on any atom is -0.469 e. The number of hydrogen-bond donors (Lipinski definition) is 0. The largest absolute Gasteiger partial charge is 0.469 e. The van der Waals surface area contributed by atoms with Crippen LogP contribution in [0.25, 0.3) is 0 Å². The number of methoxy groups -OCH3 is 1. The van der Waals surface area contributed by atoms with Crippen LogP contribution in [0.4, 0.5) is 0 Å². The first kappa shape index (κ1) is 11.8. The Bertz CT molecular complexity index is 331. The molecule has 0 amide bonds. The van der Waals surface area contributed by atoms with Crippen molar-refractivity contribution in [3.8, 4) is 0 Å². The molecule has 0 spiro atoms. The first-order valence-electron chi connectivity index (χ1n) is 5.39. The van der Waals surface area contributed by atoms with Gasteiger partial charge in [-0.2, -0.15) is 0 Å². The number of esters is 1. The monoisotopic (exact) mass is 206 g/mol. The SMILES string of the molecule is CCc1cccc(C(CC)C(=O)OC)c1. The van der Waals surface area contributed by atoms with Crippen LogP contribution in [-0.4, -0.2) is 13.1 Å². The van der Waals surface area contributed by atoms with Crippen molar-refractivity contribution in [1.29, 1.82) is 0 Å². The number of carbonyl (C=O) groups is 1. The maximum Gasteiger partial charge on any atom is 0.313 e. The van der Waals surface area contributed by atoms with Gasteiger partial charge in [-0.15, -0.1) is 0 Å². The molecular weight excluding hydrogens is 188 g/mol. The molecule has 0 saturated heterocycles. The zero-order valence-electron chi connectivity index (χ0n) is 9.62. The molecule has 0 N–H and O–H groups in total. The lowest BCUT2D eigenvalue weighted by atomic mass is 9.94. The van der Waals surface area contributed by atoms with Crippen molar-refractivity contribution in [2.24, 2.45) is 0 Å². The predicted octanol–water partition coefficient (Wildman–Crippen LogP) is 2.92. The Kier molecular flexibility index (Phi) is 4.35. The molecule has 0 heterocycles. The van der Waals surface area contributed by atoms with Gasteiger partial charge >= 0.3 is 5.97 Å². The summed E-state index contributed by atoms with van der Waals surface area (Å²) in [6, 6.07) is 8.16. The molecule has 2 heteroatoms. The van der Waals surface area contributed by atoms with Crippen molar-refractivity contribution < 1.29 is 9.53 Å². The summed E-state index contributed by atoms with van der Waals surface area (Å²) in [6.07, 6.45) is 1.77. The van der Waals surface area contributed by atoms with E-state index >= 15 is 0 Å². The van der Waals surface area contributed by atoms with Gasteiger partial charge in [0.1, 0.15) is 0 Å². The summed E-state index contributed by atoms with van der Waals surface area (Å²) in [6.45, 7) is 4.11. The number of hydrogen-bond acceptors (Lipinski definition) is 2. The third-order valence-electron chi connectivity index (χ3n) is 2.66. The molecule has 2 nitrogen and oxygen atoms in total. The van der Waals surface area contributed by atoms with Gasteiger partial charge in [0.25, 0.3) is 0 Å². The smallest absolute Gasteiger partial charge is 0.313 e.